The minimum atomic E-state index is -0.590. The van der Waals surface area contributed by atoms with Gasteiger partial charge >= 0.3 is 0 Å². The zero-order chi connectivity index (χ0) is 18.5. The molecule has 2 amide bonds. The number of rotatable bonds is 6. The van der Waals surface area contributed by atoms with E-state index < -0.39 is 5.91 Å². The van der Waals surface area contributed by atoms with Gasteiger partial charge in [0.1, 0.15) is 11.4 Å². The van der Waals surface area contributed by atoms with Gasteiger partial charge in [-0.1, -0.05) is 17.7 Å². The first-order valence-corrected chi connectivity index (χ1v) is 8.03. The number of nitrogens with zero attached hydrogens (tertiary/aromatic N) is 2. The Bertz CT molecular complexity index is 938. The van der Waals surface area contributed by atoms with Crippen LogP contribution in [0.2, 0.25) is 5.02 Å². The molecule has 0 aliphatic rings. The summed E-state index contributed by atoms with van der Waals surface area (Å²) in [5.41, 5.74) is 6.70. The number of hydrogen-bond donors (Lipinski definition) is 2. The van der Waals surface area contributed by atoms with Crippen molar-refractivity contribution in [3.05, 3.63) is 71.5 Å². The number of nitrogens with two attached hydrogens (primary N) is 1. The summed E-state index contributed by atoms with van der Waals surface area (Å²) >= 11 is 5.86. The van der Waals surface area contributed by atoms with E-state index in [9.17, 15) is 9.59 Å². The molecule has 2 aromatic carbocycles. The van der Waals surface area contributed by atoms with Gasteiger partial charge in [-0.15, -0.1) is 0 Å². The molecule has 0 aliphatic carbocycles. The molecule has 0 radical (unpaired) electrons. The van der Waals surface area contributed by atoms with Gasteiger partial charge in [0.05, 0.1) is 5.69 Å². The summed E-state index contributed by atoms with van der Waals surface area (Å²) in [5.74, 6) is -0.368. The number of carbonyl (C=O) groups excluding carboxylic acids is 2. The number of aromatic nitrogens is 2. The van der Waals surface area contributed by atoms with Crippen LogP contribution in [0.15, 0.2) is 60.8 Å². The molecule has 0 saturated heterocycles. The fourth-order valence-electron chi connectivity index (χ4n) is 2.20. The summed E-state index contributed by atoms with van der Waals surface area (Å²) in [4.78, 5) is 23.0. The lowest BCUT2D eigenvalue weighted by atomic mass is 10.3. The molecule has 26 heavy (non-hydrogen) atoms. The zero-order valence-corrected chi connectivity index (χ0v) is 14.3. The van der Waals surface area contributed by atoms with Crippen LogP contribution in [0.3, 0.4) is 0 Å². The summed E-state index contributed by atoms with van der Waals surface area (Å²) in [6.07, 6.45) is 1.63. The van der Waals surface area contributed by atoms with Crippen LogP contribution in [0.5, 0.6) is 5.75 Å². The van der Waals surface area contributed by atoms with Crippen LogP contribution in [-0.4, -0.2) is 28.2 Å². The predicted octanol–water partition coefficient (Wildman–Crippen LogP) is 2.64. The van der Waals surface area contributed by atoms with Crippen molar-refractivity contribution in [3.63, 3.8) is 0 Å². The van der Waals surface area contributed by atoms with E-state index >= 15 is 0 Å². The summed E-state index contributed by atoms with van der Waals surface area (Å²) in [7, 11) is 0. The molecule has 0 spiro atoms. The van der Waals surface area contributed by atoms with Gasteiger partial charge in [0.15, 0.2) is 6.61 Å². The van der Waals surface area contributed by atoms with Gasteiger partial charge in [0.2, 0.25) is 0 Å². The van der Waals surface area contributed by atoms with Crippen LogP contribution in [0.4, 0.5) is 5.69 Å². The van der Waals surface area contributed by atoms with Gasteiger partial charge in [-0.25, -0.2) is 4.68 Å². The minimum Gasteiger partial charge on any atom is -0.484 e. The van der Waals surface area contributed by atoms with Crippen molar-refractivity contribution in [1.29, 1.82) is 0 Å². The minimum absolute atomic E-state index is 0.136. The topological polar surface area (TPSA) is 99.2 Å². The van der Waals surface area contributed by atoms with E-state index in [4.69, 9.17) is 22.1 Å². The first kappa shape index (κ1) is 17.5. The second kappa shape index (κ2) is 7.71. The first-order chi connectivity index (χ1) is 12.5. The Kier molecular flexibility index (Phi) is 5.19. The summed E-state index contributed by atoms with van der Waals surface area (Å²) in [6.45, 7) is -0.136. The molecule has 0 unspecified atom stereocenters. The Morgan fingerprint density at radius 1 is 1.15 bits per heavy atom. The lowest BCUT2D eigenvalue weighted by molar-refractivity contribution is -0.118. The summed E-state index contributed by atoms with van der Waals surface area (Å²) < 4.78 is 6.91. The third-order valence-electron chi connectivity index (χ3n) is 3.42. The van der Waals surface area contributed by atoms with E-state index in [1.807, 2.05) is 0 Å². The lowest BCUT2D eigenvalue weighted by Crippen LogP contribution is -2.20. The Labute approximate surface area is 154 Å². The zero-order valence-electron chi connectivity index (χ0n) is 13.6. The highest BCUT2D eigenvalue weighted by molar-refractivity contribution is 6.30. The highest BCUT2D eigenvalue weighted by atomic mass is 35.5. The molecule has 8 heteroatoms. The van der Waals surface area contributed by atoms with Crippen molar-refractivity contribution in [2.45, 2.75) is 0 Å². The van der Waals surface area contributed by atoms with Crippen LogP contribution >= 0.6 is 11.6 Å². The van der Waals surface area contributed by atoms with Crippen LogP contribution in [0.1, 0.15) is 10.5 Å². The highest BCUT2D eigenvalue weighted by Gasteiger charge is 2.07. The van der Waals surface area contributed by atoms with Crippen molar-refractivity contribution in [2.75, 3.05) is 11.9 Å². The quantitative estimate of drug-likeness (QED) is 0.696. The number of nitrogens with one attached hydrogen (secondary N) is 1. The molecule has 1 heterocycles. The normalized spacial score (nSPS) is 10.3. The van der Waals surface area contributed by atoms with Crippen LogP contribution in [-0.2, 0) is 4.79 Å². The maximum Gasteiger partial charge on any atom is 0.269 e. The Morgan fingerprint density at radius 3 is 2.58 bits per heavy atom. The second-order valence-electron chi connectivity index (χ2n) is 5.35. The van der Waals surface area contributed by atoms with Crippen molar-refractivity contribution in [1.82, 2.24) is 9.78 Å². The molecule has 3 rings (SSSR count). The molecule has 0 aliphatic heterocycles. The number of ether oxygens (including phenoxy) is 1. The average Bonchev–Trinajstić information content (AvgIpc) is 3.11. The number of carbonyl (C=O) groups is 2. The van der Waals surface area contributed by atoms with Gasteiger partial charge in [0.25, 0.3) is 11.8 Å². The molecule has 0 atom stereocenters. The van der Waals surface area contributed by atoms with Crippen LogP contribution in [0, 0.1) is 0 Å². The molecule has 7 nitrogen and oxygen atoms in total. The SMILES string of the molecule is NC(=O)c1ccn(-c2ccc(NC(=O)COc3cccc(Cl)c3)cc2)n1. The third kappa shape index (κ3) is 4.40. The van der Waals surface area contributed by atoms with E-state index in [0.717, 1.165) is 5.69 Å². The molecule has 0 bridgehead atoms. The van der Waals surface area contributed by atoms with E-state index in [1.165, 1.54) is 10.7 Å². The standard InChI is InChI=1S/C18H15ClN4O3/c19-12-2-1-3-15(10-12)26-11-17(24)21-13-4-6-14(7-5-13)23-9-8-16(22-23)18(20)25/h1-10H,11H2,(H2,20,25)(H,21,24). The van der Waals surface area contributed by atoms with Gasteiger partial charge < -0.3 is 15.8 Å². The number of halogens is 1. The highest BCUT2D eigenvalue weighted by Crippen LogP contribution is 2.17. The number of amides is 2. The molecule has 0 saturated carbocycles. The van der Waals surface area contributed by atoms with Crippen molar-refractivity contribution in [2.24, 2.45) is 5.73 Å². The lowest BCUT2D eigenvalue weighted by Gasteiger charge is -2.08. The summed E-state index contributed by atoms with van der Waals surface area (Å²) in [6, 6.07) is 15.3. The monoisotopic (exact) mass is 370 g/mol. The number of benzene rings is 2. The number of anilines is 1. The Morgan fingerprint density at radius 2 is 1.92 bits per heavy atom. The van der Waals surface area contributed by atoms with Gasteiger partial charge in [-0.2, -0.15) is 5.10 Å². The Balaban J connectivity index is 1.58. The van der Waals surface area contributed by atoms with E-state index in [2.05, 4.69) is 10.4 Å². The van der Waals surface area contributed by atoms with Gasteiger partial charge in [0, 0.05) is 16.9 Å². The van der Waals surface area contributed by atoms with Crippen molar-refractivity contribution < 1.29 is 14.3 Å². The molecule has 3 N–H and O–H groups in total. The van der Waals surface area contributed by atoms with E-state index in [-0.39, 0.29) is 18.2 Å². The fourth-order valence-corrected chi connectivity index (χ4v) is 2.38. The average molecular weight is 371 g/mol. The third-order valence-corrected chi connectivity index (χ3v) is 3.66. The first-order valence-electron chi connectivity index (χ1n) is 7.65. The van der Waals surface area contributed by atoms with E-state index in [1.54, 1.807) is 54.7 Å². The number of hydrogen-bond acceptors (Lipinski definition) is 4. The molecular weight excluding hydrogens is 356 g/mol. The largest absolute Gasteiger partial charge is 0.484 e. The van der Waals surface area contributed by atoms with Crippen LogP contribution < -0.4 is 15.8 Å². The molecule has 0 fully saturated rings. The van der Waals surface area contributed by atoms with Gasteiger partial charge in [-0.3, -0.25) is 9.59 Å². The smallest absolute Gasteiger partial charge is 0.269 e. The maximum atomic E-state index is 12.0. The van der Waals surface area contributed by atoms with Gasteiger partial charge in [-0.05, 0) is 48.5 Å². The second-order valence-corrected chi connectivity index (χ2v) is 5.79. The molecule has 1 aromatic heterocycles. The maximum absolute atomic E-state index is 12.0. The van der Waals surface area contributed by atoms with Crippen molar-refractivity contribution >= 4 is 29.1 Å². The summed E-state index contributed by atoms with van der Waals surface area (Å²) in [5, 5.41) is 7.33. The molecular formula is C18H15ClN4O3. The van der Waals surface area contributed by atoms with E-state index in [0.29, 0.717) is 16.5 Å². The molecule has 132 valence electrons. The Hall–Kier alpha value is -3.32. The van der Waals surface area contributed by atoms with Crippen LogP contribution in [0.25, 0.3) is 5.69 Å². The van der Waals surface area contributed by atoms with Crippen molar-refractivity contribution in [3.8, 4) is 11.4 Å². The predicted molar refractivity (Wildman–Crippen MR) is 97.7 cm³/mol. The molecule has 3 aromatic rings. The number of primary amides is 1. The fraction of sp³-hybridized carbons (Fsp3) is 0.0556.